The van der Waals surface area contributed by atoms with Crippen molar-refractivity contribution in [2.45, 2.75) is 38.5 Å². The third kappa shape index (κ3) is 6.74. The largest absolute Gasteiger partial charge is 0.497 e. The van der Waals surface area contributed by atoms with Crippen LogP contribution in [-0.4, -0.2) is 46.6 Å². The second-order valence-electron chi connectivity index (χ2n) is 7.49. The van der Waals surface area contributed by atoms with Gasteiger partial charge in [0, 0.05) is 6.54 Å². The highest BCUT2D eigenvalue weighted by Gasteiger charge is 2.15. The van der Waals surface area contributed by atoms with Gasteiger partial charge in [0.25, 0.3) is 0 Å². The van der Waals surface area contributed by atoms with Crippen LogP contribution in [0.5, 0.6) is 11.5 Å². The van der Waals surface area contributed by atoms with E-state index in [2.05, 4.69) is 20.8 Å². The molecule has 34 heavy (non-hydrogen) atoms. The molecular formula is C24H29N5O4S. The molecule has 10 heteroatoms. The van der Waals surface area contributed by atoms with Crippen LogP contribution in [0.4, 0.5) is 5.69 Å². The molecule has 2 aromatic carbocycles. The van der Waals surface area contributed by atoms with Crippen LogP contribution in [0.3, 0.4) is 0 Å². The lowest BCUT2D eigenvalue weighted by atomic mass is 10.1. The summed E-state index contributed by atoms with van der Waals surface area (Å²) in [5, 5.41) is 14.8. The van der Waals surface area contributed by atoms with E-state index in [9.17, 15) is 9.59 Å². The number of anilines is 1. The number of aromatic nitrogens is 3. The Hall–Kier alpha value is -3.53. The Morgan fingerprint density at radius 1 is 1.03 bits per heavy atom. The topological polar surface area (TPSA) is 107 Å². The summed E-state index contributed by atoms with van der Waals surface area (Å²) in [7, 11) is 3.17. The number of carbonyl (C=O) groups is 2. The summed E-state index contributed by atoms with van der Waals surface area (Å²) in [6.45, 7) is 4.79. The maximum absolute atomic E-state index is 12.5. The number of amides is 2. The molecule has 0 aliphatic rings. The van der Waals surface area contributed by atoms with Gasteiger partial charge in [0.05, 0.1) is 38.6 Å². The molecule has 0 bridgehead atoms. The van der Waals surface area contributed by atoms with E-state index in [0.717, 1.165) is 16.9 Å². The van der Waals surface area contributed by atoms with Crippen LogP contribution in [0.2, 0.25) is 0 Å². The maximum atomic E-state index is 12.5. The van der Waals surface area contributed by atoms with Crippen molar-refractivity contribution in [3.8, 4) is 11.5 Å². The molecule has 1 aromatic heterocycles. The molecule has 180 valence electrons. The first-order valence-corrected chi connectivity index (χ1v) is 11.8. The quantitative estimate of drug-likeness (QED) is 0.403. The van der Waals surface area contributed by atoms with Gasteiger partial charge in [0.2, 0.25) is 11.8 Å². The molecular weight excluding hydrogens is 454 g/mol. The summed E-state index contributed by atoms with van der Waals surface area (Å²) in [4.78, 5) is 24.8. The molecule has 0 atom stereocenters. The number of carbonyl (C=O) groups excluding carboxylic acids is 2. The summed E-state index contributed by atoms with van der Waals surface area (Å²) in [6.07, 6.45) is 0.258. The Bertz CT molecular complexity index is 1130. The lowest BCUT2D eigenvalue weighted by Gasteiger charge is -2.11. The van der Waals surface area contributed by atoms with Gasteiger partial charge in [-0.3, -0.25) is 9.59 Å². The molecule has 1 heterocycles. The molecule has 0 aliphatic heterocycles. The number of thioether (sulfide) groups is 1. The minimum absolute atomic E-state index is 0.114. The van der Waals surface area contributed by atoms with Gasteiger partial charge < -0.3 is 24.7 Å². The molecule has 2 amide bonds. The minimum atomic E-state index is -0.172. The van der Waals surface area contributed by atoms with Crippen LogP contribution in [0.15, 0.2) is 47.6 Å². The molecule has 0 saturated heterocycles. The predicted molar refractivity (Wildman–Crippen MR) is 131 cm³/mol. The fraction of sp³-hybridized carbons (Fsp3) is 0.333. The van der Waals surface area contributed by atoms with E-state index in [0.29, 0.717) is 29.0 Å². The Kier molecular flexibility index (Phi) is 8.92. The summed E-state index contributed by atoms with van der Waals surface area (Å²) in [6, 6.07) is 13.0. The van der Waals surface area contributed by atoms with Crippen LogP contribution in [0.1, 0.15) is 23.9 Å². The predicted octanol–water partition coefficient (Wildman–Crippen LogP) is 3.21. The van der Waals surface area contributed by atoms with Gasteiger partial charge in [0.1, 0.15) is 11.5 Å². The van der Waals surface area contributed by atoms with Crippen molar-refractivity contribution in [1.29, 1.82) is 0 Å². The number of nitrogens with zero attached hydrogens (tertiary/aromatic N) is 3. The van der Waals surface area contributed by atoms with Crippen molar-refractivity contribution >= 4 is 29.3 Å². The number of benzene rings is 2. The van der Waals surface area contributed by atoms with E-state index in [4.69, 9.17) is 9.47 Å². The van der Waals surface area contributed by atoms with Crippen molar-refractivity contribution in [2.75, 3.05) is 25.3 Å². The second-order valence-corrected chi connectivity index (χ2v) is 8.43. The Morgan fingerprint density at radius 2 is 1.79 bits per heavy atom. The number of hydrogen-bond acceptors (Lipinski definition) is 7. The third-order valence-electron chi connectivity index (χ3n) is 5.04. The molecule has 0 unspecified atom stereocenters. The highest BCUT2D eigenvalue weighted by Crippen LogP contribution is 2.26. The zero-order valence-corrected chi connectivity index (χ0v) is 20.6. The lowest BCUT2D eigenvalue weighted by molar-refractivity contribution is -0.120. The Balaban J connectivity index is 1.53. The SMILES string of the molecule is CCn1c(CNC(=O)Cc2ccc(OC)cc2)nnc1SCC(=O)Nc1cc(C)ccc1OC. The molecule has 0 spiro atoms. The van der Waals surface area contributed by atoms with E-state index in [-0.39, 0.29) is 30.5 Å². The van der Waals surface area contributed by atoms with E-state index in [1.165, 1.54) is 11.8 Å². The average Bonchev–Trinajstić information content (AvgIpc) is 3.24. The van der Waals surface area contributed by atoms with Crippen LogP contribution in [-0.2, 0) is 29.1 Å². The number of hydrogen-bond donors (Lipinski definition) is 2. The number of ether oxygens (including phenoxy) is 2. The zero-order valence-electron chi connectivity index (χ0n) is 19.8. The van der Waals surface area contributed by atoms with Crippen molar-refractivity contribution in [3.05, 3.63) is 59.4 Å². The van der Waals surface area contributed by atoms with Gasteiger partial charge in [-0.15, -0.1) is 10.2 Å². The highest BCUT2D eigenvalue weighted by atomic mass is 32.2. The van der Waals surface area contributed by atoms with Gasteiger partial charge >= 0.3 is 0 Å². The van der Waals surface area contributed by atoms with Gasteiger partial charge in [-0.05, 0) is 49.2 Å². The Morgan fingerprint density at radius 3 is 2.47 bits per heavy atom. The summed E-state index contributed by atoms with van der Waals surface area (Å²) >= 11 is 1.29. The van der Waals surface area contributed by atoms with Gasteiger partial charge in [-0.2, -0.15) is 0 Å². The fourth-order valence-corrected chi connectivity index (χ4v) is 4.10. The van der Waals surface area contributed by atoms with Crippen molar-refractivity contribution < 1.29 is 19.1 Å². The molecule has 3 rings (SSSR count). The van der Waals surface area contributed by atoms with E-state index >= 15 is 0 Å². The zero-order chi connectivity index (χ0) is 24.5. The second kappa shape index (κ2) is 12.1. The maximum Gasteiger partial charge on any atom is 0.234 e. The summed E-state index contributed by atoms with van der Waals surface area (Å²) in [5.41, 5.74) is 2.54. The summed E-state index contributed by atoms with van der Waals surface area (Å²) in [5.74, 6) is 1.86. The first-order valence-electron chi connectivity index (χ1n) is 10.8. The van der Waals surface area contributed by atoms with Crippen LogP contribution in [0, 0.1) is 6.92 Å². The first-order chi connectivity index (χ1) is 16.4. The molecule has 0 saturated carbocycles. The van der Waals surface area contributed by atoms with Crippen molar-refractivity contribution in [1.82, 2.24) is 20.1 Å². The molecule has 0 aliphatic carbocycles. The standard InChI is InChI=1S/C24H29N5O4S/c1-5-29-21(14-25-22(30)13-17-7-9-18(32-3)10-8-17)27-28-24(29)34-15-23(31)26-19-12-16(2)6-11-20(19)33-4/h6-12H,5,13-15H2,1-4H3,(H,25,30)(H,26,31). The Labute approximate surface area is 203 Å². The number of aryl methyl sites for hydroxylation is 1. The smallest absolute Gasteiger partial charge is 0.234 e. The van der Waals surface area contributed by atoms with Crippen molar-refractivity contribution in [2.24, 2.45) is 0 Å². The van der Waals surface area contributed by atoms with Gasteiger partial charge in [-0.25, -0.2) is 0 Å². The third-order valence-corrected chi connectivity index (χ3v) is 6.01. The van der Waals surface area contributed by atoms with Crippen LogP contribution in [0.25, 0.3) is 0 Å². The van der Waals surface area contributed by atoms with E-state index in [1.54, 1.807) is 14.2 Å². The monoisotopic (exact) mass is 483 g/mol. The van der Waals surface area contributed by atoms with E-state index < -0.39 is 0 Å². The first kappa shape index (κ1) is 25.1. The molecule has 2 N–H and O–H groups in total. The highest BCUT2D eigenvalue weighted by molar-refractivity contribution is 7.99. The number of methoxy groups -OCH3 is 2. The van der Waals surface area contributed by atoms with Gasteiger partial charge in [0.15, 0.2) is 11.0 Å². The molecule has 0 radical (unpaired) electrons. The van der Waals surface area contributed by atoms with Crippen molar-refractivity contribution in [3.63, 3.8) is 0 Å². The lowest BCUT2D eigenvalue weighted by Crippen LogP contribution is -2.26. The van der Waals surface area contributed by atoms with E-state index in [1.807, 2.05) is 60.9 Å². The average molecular weight is 484 g/mol. The van der Waals surface area contributed by atoms with Gasteiger partial charge in [-0.1, -0.05) is 30.0 Å². The summed E-state index contributed by atoms with van der Waals surface area (Å²) < 4.78 is 12.3. The fourth-order valence-electron chi connectivity index (χ4n) is 3.28. The normalized spacial score (nSPS) is 10.6. The van der Waals surface area contributed by atoms with Crippen LogP contribution < -0.4 is 20.1 Å². The number of rotatable bonds is 11. The molecule has 3 aromatic rings. The molecule has 9 nitrogen and oxygen atoms in total. The molecule has 0 fully saturated rings. The minimum Gasteiger partial charge on any atom is -0.497 e. The van der Waals surface area contributed by atoms with Crippen LogP contribution >= 0.6 is 11.8 Å². The number of nitrogens with one attached hydrogen (secondary N) is 2.